The summed E-state index contributed by atoms with van der Waals surface area (Å²) in [5, 5.41) is 16.7. The Bertz CT molecular complexity index is 1380. The molecular weight excluding hydrogens is 476 g/mol. The van der Waals surface area contributed by atoms with Gasteiger partial charge in [-0.3, -0.25) is 4.79 Å². The Morgan fingerprint density at radius 3 is 2.54 bits per heavy atom. The SMILES string of the molecule is Cc1noc(=O)c2ccc(NC(=O)C(O)(CC(C)(C)c3cc(F)cc4c3OCO4)C(F)(F)F)cc12. The molecule has 2 aromatic carbocycles. The zero-order valence-corrected chi connectivity index (χ0v) is 18.7. The fraction of sp³-hybridized carbons (Fsp3) is 0.348. The van der Waals surface area contributed by atoms with Gasteiger partial charge < -0.3 is 24.4 Å². The second-order valence-electron chi connectivity index (χ2n) is 8.88. The van der Waals surface area contributed by atoms with Crippen LogP contribution in [0.5, 0.6) is 11.5 Å². The van der Waals surface area contributed by atoms with E-state index in [1.165, 1.54) is 39.0 Å². The predicted octanol–water partition coefficient (Wildman–Crippen LogP) is 3.96. The molecule has 1 amide bonds. The smallest absolute Gasteiger partial charge is 0.426 e. The lowest BCUT2D eigenvalue weighted by molar-refractivity contribution is -0.254. The summed E-state index contributed by atoms with van der Waals surface area (Å²) in [4.78, 5) is 24.7. The number of aryl methyl sites for hydroxylation is 1. The fourth-order valence-corrected chi connectivity index (χ4v) is 4.07. The van der Waals surface area contributed by atoms with E-state index in [4.69, 9.17) is 9.47 Å². The monoisotopic (exact) mass is 496 g/mol. The topological polar surface area (TPSA) is 111 Å². The molecule has 1 aliphatic heterocycles. The van der Waals surface area contributed by atoms with Crippen LogP contribution in [0, 0.1) is 12.7 Å². The molecule has 2 N–H and O–H groups in total. The van der Waals surface area contributed by atoms with E-state index in [0.29, 0.717) is 0 Å². The van der Waals surface area contributed by atoms with E-state index in [1.54, 1.807) is 0 Å². The van der Waals surface area contributed by atoms with Crippen LogP contribution in [0.3, 0.4) is 0 Å². The largest absolute Gasteiger partial charge is 0.453 e. The minimum atomic E-state index is -5.39. The molecule has 1 aliphatic rings. The van der Waals surface area contributed by atoms with Gasteiger partial charge in [0.2, 0.25) is 12.4 Å². The lowest BCUT2D eigenvalue weighted by Gasteiger charge is -2.37. The van der Waals surface area contributed by atoms with Crippen molar-refractivity contribution in [2.45, 2.75) is 44.4 Å². The van der Waals surface area contributed by atoms with E-state index in [2.05, 4.69) is 15.0 Å². The first kappa shape index (κ1) is 24.5. The van der Waals surface area contributed by atoms with Crippen LogP contribution in [0.1, 0.15) is 31.5 Å². The third-order valence-corrected chi connectivity index (χ3v) is 5.86. The van der Waals surface area contributed by atoms with Crippen molar-refractivity contribution >= 4 is 22.4 Å². The van der Waals surface area contributed by atoms with Crippen LogP contribution in [-0.2, 0) is 10.2 Å². The Kier molecular flexibility index (Phi) is 5.75. The summed E-state index contributed by atoms with van der Waals surface area (Å²) in [6.07, 6.45) is -6.55. The van der Waals surface area contributed by atoms with Crippen molar-refractivity contribution in [1.82, 2.24) is 5.16 Å². The summed E-state index contributed by atoms with van der Waals surface area (Å²) >= 11 is 0. The molecule has 1 unspecified atom stereocenters. The van der Waals surface area contributed by atoms with Crippen molar-refractivity contribution in [3.05, 3.63) is 57.8 Å². The molecule has 1 atom stereocenters. The third-order valence-electron chi connectivity index (χ3n) is 5.86. The van der Waals surface area contributed by atoms with E-state index in [0.717, 1.165) is 12.1 Å². The molecule has 3 aromatic rings. The number of aliphatic hydroxyl groups is 1. The summed E-state index contributed by atoms with van der Waals surface area (Å²) in [6.45, 7) is 3.89. The highest BCUT2D eigenvalue weighted by molar-refractivity contribution is 5.99. The number of halogens is 4. The maximum atomic E-state index is 14.1. The number of amides is 1. The maximum Gasteiger partial charge on any atom is 0.426 e. The number of fused-ring (bicyclic) bond motifs is 2. The minimum Gasteiger partial charge on any atom is -0.453 e. The second kappa shape index (κ2) is 8.22. The first-order valence-corrected chi connectivity index (χ1v) is 10.3. The number of alkyl halides is 3. The molecule has 0 fully saturated rings. The van der Waals surface area contributed by atoms with Gasteiger partial charge in [-0.2, -0.15) is 13.2 Å². The number of hydrogen-bond acceptors (Lipinski definition) is 7. The van der Waals surface area contributed by atoms with Crippen LogP contribution in [0.4, 0.5) is 23.2 Å². The number of nitrogens with one attached hydrogen (secondary N) is 1. The van der Waals surface area contributed by atoms with Crippen molar-refractivity contribution in [2.75, 3.05) is 12.1 Å². The van der Waals surface area contributed by atoms with Crippen LogP contribution >= 0.6 is 0 Å². The van der Waals surface area contributed by atoms with Crippen molar-refractivity contribution < 1.29 is 41.5 Å². The molecule has 35 heavy (non-hydrogen) atoms. The Morgan fingerprint density at radius 2 is 1.86 bits per heavy atom. The number of rotatable bonds is 5. The van der Waals surface area contributed by atoms with Crippen molar-refractivity contribution in [3.8, 4) is 11.5 Å². The molecule has 8 nitrogen and oxygen atoms in total. The maximum absolute atomic E-state index is 14.1. The molecule has 0 bridgehead atoms. The summed E-state index contributed by atoms with van der Waals surface area (Å²) in [6, 6.07) is 5.71. The van der Waals surface area contributed by atoms with E-state index in [-0.39, 0.29) is 46.0 Å². The van der Waals surface area contributed by atoms with E-state index < -0.39 is 41.0 Å². The average molecular weight is 496 g/mol. The highest BCUT2D eigenvalue weighted by Gasteiger charge is 2.61. The number of hydrogen-bond donors (Lipinski definition) is 2. The van der Waals surface area contributed by atoms with Gasteiger partial charge in [-0.15, -0.1) is 0 Å². The van der Waals surface area contributed by atoms with Gasteiger partial charge in [0.25, 0.3) is 5.91 Å². The average Bonchev–Trinajstić information content (AvgIpc) is 3.23. The number of ether oxygens (including phenoxy) is 2. The molecule has 2 heterocycles. The van der Waals surface area contributed by atoms with E-state index in [1.807, 2.05) is 0 Å². The van der Waals surface area contributed by atoms with Crippen LogP contribution < -0.4 is 20.4 Å². The molecule has 1 aromatic heterocycles. The number of anilines is 1. The Balaban J connectivity index is 1.70. The lowest BCUT2D eigenvalue weighted by Crippen LogP contribution is -2.57. The normalized spacial score (nSPS) is 15.2. The fourth-order valence-electron chi connectivity index (χ4n) is 4.07. The molecule has 4 rings (SSSR count). The Hall–Kier alpha value is -3.67. The molecule has 0 saturated carbocycles. The number of aromatic nitrogens is 1. The third kappa shape index (κ3) is 4.29. The number of nitrogens with zero attached hydrogens (tertiary/aromatic N) is 1. The lowest BCUT2D eigenvalue weighted by atomic mass is 9.74. The van der Waals surface area contributed by atoms with Crippen molar-refractivity contribution in [1.29, 1.82) is 0 Å². The molecule has 0 spiro atoms. The summed E-state index contributed by atoms with van der Waals surface area (Å²) in [7, 11) is 0. The first-order valence-electron chi connectivity index (χ1n) is 10.3. The predicted molar refractivity (Wildman–Crippen MR) is 115 cm³/mol. The van der Waals surface area contributed by atoms with Gasteiger partial charge >= 0.3 is 11.8 Å². The zero-order chi connectivity index (χ0) is 25.8. The molecule has 0 radical (unpaired) electrons. The highest BCUT2D eigenvalue weighted by Crippen LogP contribution is 2.48. The van der Waals surface area contributed by atoms with E-state index >= 15 is 0 Å². The summed E-state index contributed by atoms with van der Waals surface area (Å²) in [5.41, 5.74) is -6.06. The van der Waals surface area contributed by atoms with Gasteiger partial charge in [-0.05, 0) is 36.6 Å². The van der Waals surface area contributed by atoms with Gasteiger partial charge in [0.15, 0.2) is 11.5 Å². The van der Waals surface area contributed by atoms with Crippen LogP contribution in [0.2, 0.25) is 0 Å². The van der Waals surface area contributed by atoms with E-state index in [9.17, 15) is 32.3 Å². The van der Waals surface area contributed by atoms with Crippen LogP contribution in [-0.4, -0.2) is 34.7 Å². The van der Waals surface area contributed by atoms with Gasteiger partial charge in [0.1, 0.15) is 5.82 Å². The molecule has 12 heteroatoms. The highest BCUT2D eigenvalue weighted by atomic mass is 19.4. The van der Waals surface area contributed by atoms with Gasteiger partial charge in [-0.1, -0.05) is 19.0 Å². The van der Waals surface area contributed by atoms with Crippen molar-refractivity contribution in [2.24, 2.45) is 0 Å². The quantitative estimate of drug-likeness (QED) is 0.515. The van der Waals surface area contributed by atoms with Crippen LogP contribution in [0.25, 0.3) is 10.8 Å². The summed E-state index contributed by atoms with van der Waals surface area (Å²) < 4.78 is 71.5. The molecular formula is C23H20F4N2O6. The summed E-state index contributed by atoms with van der Waals surface area (Å²) in [5.74, 6) is -2.48. The number of benzene rings is 2. The van der Waals surface area contributed by atoms with Gasteiger partial charge in [0.05, 0.1) is 11.1 Å². The Labute approximate surface area is 195 Å². The number of carbonyl (C=O) groups is 1. The van der Waals surface area contributed by atoms with Crippen molar-refractivity contribution in [3.63, 3.8) is 0 Å². The molecule has 186 valence electrons. The second-order valence-corrected chi connectivity index (χ2v) is 8.88. The first-order chi connectivity index (χ1) is 16.2. The molecule has 0 aliphatic carbocycles. The standard InChI is InChI=1S/C23H20F4N2O6/c1-11-15-8-13(4-5-14(15)19(30)35-29-11)28-20(31)22(32,23(25,26)27)9-21(2,3)16-6-12(24)7-17-18(16)34-10-33-17/h4-8,32H,9-10H2,1-3H3,(H,28,31). The number of carbonyl (C=O) groups excluding carboxylic acids is 1. The Morgan fingerprint density at radius 1 is 1.14 bits per heavy atom. The van der Waals surface area contributed by atoms with Crippen LogP contribution in [0.15, 0.2) is 39.6 Å². The molecule has 0 saturated heterocycles. The zero-order valence-electron chi connectivity index (χ0n) is 18.7. The minimum absolute atomic E-state index is 0.000366. The van der Waals surface area contributed by atoms with Gasteiger partial charge in [-0.25, -0.2) is 9.18 Å². The van der Waals surface area contributed by atoms with Gasteiger partial charge in [0, 0.05) is 29.1 Å².